The summed E-state index contributed by atoms with van der Waals surface area (Å²) >= 11 is 0. The zero-order chi connectivity index (χ0) is 16.3. The number of ether oxygens (including phenoxy) is 1. The third kappa shape index (κ3) is 2.88. The number of anilines is 1. The number of nitrogens with zero attached hydrogens (tertiary/aromatic N) is 3. The van der Waals surface area contributed by atoms with Crippen LogP contribution in [0.4, 0.5) is 5.82 Å². The van der Waals surface area contributed by atoms with Gasteiger partial charge in [-0.1, -0.05) is 13.8 Å². The third-order valence-corrected chi connectivity index (χ3v) is 4.29. The predicted octanol–water partition coefficient (Wildman–Crippen LogP) is 0.991. The van der Waals surface area contributed by atoms with E-state index in [1.165, 1.54) is 6.20 Å². The summed E-state index contributed by atoms with van der Waals surface area (Å²) in [4.78, 5) is 33.8. The molecular formula is C15H22N4O3. The SMILES string of the molecule is CCOC(=O)C1(C(C)C)CCN(c2cncc(C(N)=O)n2)C1. The summed E-state index contributed by atoms with van der Waals surface area (Å²) in [6.07, 6.45) is 3.60. The number of carbonyl (C=O) groups excluding carboxylic acids is 2. The molecule has 2 rings (SSSR count). The molecule has 1 aliphatic heterocycles. The first-order chi connectivity index (χ1) is 10.4. The average Bonchev–Trinajstić information content (AvgIpc) is 2.94. The largest absolute Gasteiger partial charge is 0.466 e. The second-order valence-electron chi connectivity index (χ2n) is 5.83. The van der Waals surface area contributed by atoms with Gasteiger partial charge in [0, 0.05) is 13.1 Å². The van der Waals surface area contributed by atoms with Crippen LogP contribution < -0.4 is 10.6 Å². The van der Waals surface area contributed by atoms with Crippen molar-refractivity contribution in [1.82, 2.24) is 9.97 Å². The lowest BCUT2D eigenvalue weighted by atomic mass is 9.76. The summed E-state index contributed by atoms with van der Waals surface area (Å²) in [6, 6.07) is 0. The van der Waals surface area contributed by atoms with Crippen molar-refractivity contribution < 1.29 is 14.3 Å². The second kappa shape index (κ2) is 6.29. The summed E-state index contributed by atoms with van der Waals surface area (Å²) in [5.41, 5.74) is 4.80. The number of hydrogen-bond acceptors (Lipinski definition) is 6. The smallest absolute Gasteiger partial charge is 0.314 e. The molecule has 1 aliphatic rings. The molecule has 2 heterocycles. The number of primary amides is 1. The number of rotatable bonds is 5. The maximum Gasteiger partial charge on any atom is 0.314 e. The number of esters is 1. The number of aromatic nitrogens is 2. The number of hydrogen-bond donors (Lipinski definition) is 1. The van der Waals surface area contributed by atoms with Gasteiger partial charge in [-0.2, -0.15) is 0 Å². The van der Waals surface area contributed by atoms with Crippen LogP contribution in [0.3, 0.4) is 0 Å². The quantitative estimate of drug-likeness (QED) is 0.815. The maximum absolute atomic E-state index is 12.4. The van der Waals surface area contributed by atoms with Crippen molar-refractivity contribution in [3.8, 4) is 0 Å². The monoisotopic (exact) mass is 306 g/mol. The summed E-state index contributed by atoms with van der Waals surface area (Å²) in [7, 11) is 0. The molecule has 7 heteroatoms. The summed E-state index contributed by atoms with van der Waals surface area (Å²) < 4.78 is 5.26. The van der Waals surface area contributed by atoms with Crippen molar-refractivity contribution in [2.75, 3.05) is 24.6 Å². The molecule has 1 amide bonds. The van der Waals surface area contributed by atoms with Crippen molar-refractivity contribution in [1.29, 1.82) is 0 Å². The molecule has 0 aromatic carbocycles. The topological polar surface area (TPSA) is 98.4 Å². The first-order valence-electron chi connectivity index (χ1n) is 7.44. The van der Waals surface area contributed by atoms with Gasteiger partial charge in [0.1, 0.15) is 11.5 Å². The molecule has 22 heavy (non-hydrogen) atoms. The Morgan fingerprint density at radius 3 is 2.77 bits per heavy atom. The standard InChI is InChI=1S/C15H22N4O3/c1-4-22-14(21)15(10(2)3)5-6-19(9-15)12-8-17-7-11(18-12)13(16)20/h7-8,10H,4-6,9H2,1-3H3,(H2,16,20). The van der Waals surface area contributed by atoms with Gasteiger partial charge in [-0.25, -0.2) is 4.98 Å². The molecule has 1 atom stereocenters. The van der Waals surface area contributed by atoms with Gasteiger partial charge in [0.15, 0.2) is 0 Å². The van der Waals surface area contributed by atoms with Gasteiger partial charge in [0.05, 0.1) is 24.4 Å². The molecule has 120 valence electrons. The maximum atomic E-state index is 12.4. The highest BCUT2D eigenvalue weighted by molar-refractivity contribution is 5.90. The fourth-order valence-electron chi connectivity index (χ4n) is 2.80. The Kier molecular flexibility index (Phi) is 4.63. The fraction of sp³-hybridized carbons (Fsp3) is 0.600. The van der Waals surface area contributed by atoms with Crippen LogP contribution in [0, 0.1) is 11.3 Å². The first-order valence-corrected chi connectivity index (χ1v) is 7.44. The molecular weight excluding hydrogens is 284 g/mol. The molecule has 1 fully saturated rings. The Balaban J connectivity index is 2.25. The summed E-state index contributed by atoms with van der Waals surface area (Å²) in [5.74, 6) is -0.0902. The minimum atomic E-state index is -0.617. The highest BCUT2D eigenvalue weighted by atomic mass is 16.5. The molecule has 2 N–H and O–H groups in total. The van der Waals surface area contributed by atoms with E-state index in [-0.39, 0.29) is 17.6 Å². The number of amides is 1. The van der Waals surface area contributed by atoms with Gasteiger partial charge in [0.25, 0.3) is 5.91 Å². The molecule has 0 radical (unpaired) electrons. The number of nitrogens with two attached hydrogens (primary N) is 1. The van der Waals surface area contributed by atoms with Crippen LogP contribution in [0.2, 0.25) is 0 Å². The Morgan fingerprint density at radius 2 is 2.18 bits per heavy atom. The Bertz CT molecular complexity index is 576. The molecule has 0 spiro atoms. The van der Waals surface area contributed by atoms with E-state index in [0.29, 0.717) is 31.9 Å². The minimum absolute atomic E-state index is 0.121. The van der Waals surface area contributed by atoms with Crippen LogP contribution in [-0.4, -0.2) is 41.5 Å². The third-order valence-electron chi connectivity index (χ3n) is 4.29. The van der Waals surface area contributed by atoms with E-state index in [0.717, 1.165) is 0 Å². The first kappa shape index (κ1) is 16.2. The van der Waals surface area contributed by atoms with E-state index in [4.69, 9.17) is 10.5 Å². The van der Waals surface area contributed by atoms with E-state index in [1.54, 1.807) is 13.1 Å². The highest BCUT2D eigenvalue weighted by Crippen LogP contribution is 2.40. The zero-order valence-electron chi connectivity index (χ0n) is 13.2. The lowest BCUT2D eigenvalue weighted by Gasteiger charge is -2.31. The van der Waals surface area contributed by atoms with Crippen molar-refractivity contribution in [3.63, 3.8) is 0 Å². The van der Waals surface area contributed by atoms with Crippen molar-refractivity contribution in [3.05, 3.63) is 18.1 Å². The van der Waals surface area contributed by atoms with Crippen LogP contribution >= 0.6 is 0 Å². The van der Waals surface area contributed by atoms with Crippen molar-refractivity contribution >= 4 is 17.7 Å². The van der Waals surface area contributed by atoms with Crippen LogP contribution in [0.25, 0.3) is 0 Å². The second-order valence-corrected chi connectivity index (χ2v) is 5.83. The molecule has 7 nitrogen and oxygen atoms in total. The van der Waals surface area contributed by atoms with Gasteiger partial charge in [-0.15, -0.1) is 0 Å². The highest BCUT2D eigenvalue weighted by Gasteiger charge is 2.48. The zero-order valence-corrected chi connectivity index (χ0v) is 13.2. The molecule has 1 aromatic heterocycles. The predicted molar refractivity (Wildman–Crippen MR) is 81.3 cm³/mol. The molecule has 0 aliphatic carbocycles. The van der Waals surface area contributed by atoms with E-state index < -0.39 is 11.3 Å². The van der Waals surface area contributed by atoms with E-state index >= 15 is 0 Å². The van der Waals surface area contributed by atoms with Gasteiger partial charge in [-0.3, -0.25) is 14.6 Å². The normalized spacial score (nSPS) is 21.2. The van der Waals surface area contributed by atoms with Gasteiger partial charge >= 0.3 is 5.97 Å². The van der Waals surface area contributed by atoms with Gasteiger partial charge in [0.2, 0.25) is 0 Å². The lowest BCUT2D eigenvalue weighted by molar-refractivity contribution is -0.156. The molecule has 0 saturated carbocycles. The van der Waals surface area contributed by atoms with Crippen LogP contribution in [-0.2, 0) is 9.53 Å². The van der Waals surface area contributed by atoms with E-state index in [1.807, 2.05) is 18.7 Å². The molecule has 1 saturated heterocycles. The lowest BCUT2D eigenvalue weighted by Crippen LogP contribution is -2.41. The number of carbonyl (C=O) groups is 2. The molecule has 0 bridgehead atoms. The fourth-order valence-corrected chi connectivity index (χ4v) is 2.80. The molecule has 1 aromatic rings. The average molecular weight is 306 g/mol. The van der Waals surface area contributed by atoms with E-state index in [2.05, 4.69) is 9.97 Å². The van der Waals surface area contributed by atoms with Crippen LogP contribution in [0.5, 0.6) is 0 Å². The summed E-state index contributed by atoms with van der Waals surface area (Å²) in [6.45, 7) is 7.37. The van der Waals surface area contributed by atoms with Gasteiger partial charge < -0.3 is 15.4 Å². The Labute approximate surface area is 129 Å². The van der Waals surface area contributed by atoms with Crippen LogP contribution in [0.1, 0.15) is 37.7 Å². The Morgan fingerprint density at radius 1 is 1.45 bits per heavy atom. The van der Waals surface area contributed by atoms with Crippen molar-refractivity contribution in [2.45, 2.75) is 27.2 Å². The van der Waals surface area contributed by atoms with Gasteiger partial charge in [-0.05, 0) is 19.3 Å². The van der Waals surface area contributed by atoms with Crippen molar-refractivity contribution in [2.24, 2.45) is 17.1 Å². The van der Waals surface area contributed by atoms with E-state index in [9.17, 15) is 9.59 Å². The minimum Gasteiger partial charge on any atom is -0.466 e. The molecule has 1 unspecified atom stereocenters. The summed E-state index contributed by atoms with van der Waals surface area (Å²) in [5, 5.41) is 0. The van der Waals surface area contributed by atoms with Crippen LogP contribution in [0.15, 0.2) is 12.4 Å². The Hall–Kier alpha value is -2.18.